The van der Waals surface area contributed by atoms with Crippen LogP contribution in [0.5, 0.6) is 0 Å². The van der Waals surface area contributed by atoms with Crippen molar-refractivity contribution in [1.82, 2.24) is 0 Å². The van der Waals surface area contributed by atoms with Crippen molar-refractivity contribution in [2.75, 3.05) is 0 Å². The van der Waals surface area contributed by atoms with E-state index in [1.54, 1.807) is 0 Å². The molecule has 13 aromatic carbocycles. The van der Waals surface area contributed by atoms with Gasteiger partial charge in [0.05, 0.1) is 0 Å². The van der Waals surface area contributed by atoms with Crippen LogP contribution in [0, 0.1) is 0 Å². The average molecular weight is 771 g/mol. The molecule has 1 nitrogen and oxygen atoms in total. The fourth-order valence-corrected chi connectivity index (χ4v) is 10.7. The molecule has 61 heavy (non-hydrogen) atoms. The molecular formula is C60H34O. The predicted octanol–water partition coefficient (Wildman–Crippen LogP) is 17.2. The van der Waals surface area contributed by atoms with E-state index in [9.17, 15) is 0 Å². The van der Waals surface area contributed by atoms with Crippen LogP contribution >= 0.6 is 0 Å². The van der Waals surface area contributed by atoms with Gasteiger partial charge in [-0.1, -0.05) is 170 Å². The Bertz CT molecular complexity index is 4080. The van der Waals surface area contributed by atoms with Gasteiger partial charge in [-0.3, -0.25) is 0 Å². The monoisotopic (exact) mass is 770 g/mol. The van der Waals surface area contributed by atoms with Gasteiger partial charge >= 0.3 is 0 Å². The van der Waals surface area contributed by atoms with E-state index in [-0.39, 0.29) is 0 Å². The maximum Gasteiger partial charge on any atom is 0.135 e. The lowest BCUT2D eigenvalue weighted by Gasteiger charge is -2.20. The fourth-order valence-electron chi connectivity index (χ4n) is 10.7. The van der Waals surface area contributed by atoms with Crippen LogP contribution in [0.4, 0.5) is 0 Å². The number of hydrogen-bond donors (Lipinski definition) is 0. The maximum absolute atomic E-state index is 6.26. The van der Waals surface area contributed by atoms with Crippen molar-refractivity contribution in [3.63, 3.8) is 0 Å². The van der Waals surface area contributed by atoms with E-state index in [4.69, 9.17) is 4.42 Å². The first kappa shape index (κ1) is 32.9. The molecule has 280 valence electrons. The van der Waals surface area contributed by atoms with E-state index in [2.05, 4.69) is 200 Å². The smallest absolute Gasteiger partial charge is 0.135 e. The quantitative estimate of drug-likeness (QED) is 0.162. The third-order valence-corrected chi connectivity index (χ3v) is 13.5. The molecular weight excluding hydrogens is 737 g/mol. The first-order valence-corrected chi connectivity index (χ1v) is 21.1. The molecule has 0 aliphatic carbocycles. The lowest BCUT2D eigenvalue weighted by Crippen LogP contribution is -1.93. The molecule has 14 rings (SSSR count). The summed E-state index contributed by atoms with van der Waals surface area (Å²) in [6.07, 6.45) is 0. The Hall–Kier alpha value is -8.00. The van der Waals surface area contributed by atoms with Crippen molar-refractivity contribution in [2.24, 2.45) is 0 Å². The zero-order valence-corrected chi connectivity index (χ0v) is 33.0. The molecule has 0 saturated heterocycles. The Morgan fingerprint density at radius 3 is 1.38 bits per heavy atom. The first-order valence-electron chi connectivity index (χ1n) is 21.1. The van der Waals surface area contributed by atoms with Crippen molar-refractivity contribution in [3.8, 4) is 44.5 Å². The molecule has 1 aromatic heterocycles. The lowest BCUT2D eigenvalue weighted by molar-refractivity contribution is 0.669. The van der Waals surface area contributed by atoms with E-state index in [1.807, 2.05) is 6.07 Å². The third kappa shape index (κ3) is 4.72. The van der Waals surface area contributed by atoms with Crippen molar-refractivity contribution >= 4 is 97.3 Å². The summed E-state index contributed by atoms with van der Waals surface area (Å²) in [6.45, 7) is 0. The second-order valence-electron chi connectivity index (χ2n) is 16.8. The van der Waals surface area contributed by atoms with Gasteiger partial charge < -0.3 is 4.42 Å². The number of furan rings is 1. The topological polar surface area (TPSA) is 13.1 Å². The fraction of sp³-hybridized carbons (Fsp3) is 0. The Balaban J connectivity index is 1.05. The predicted molar refractivity (Wildman–Crippen MR) is 260 cm³/mol. The first-order chi connectivity index (χ1) is 30.2. The Morgan fingerprint density at radius 1 is 0.213 bits per heavy atom. The molecule has 0 fully saturated rings. The van der Waals surface area contributed by atoms with Crippen LogP contribution < -0.4 is 0 Å². The molecule has 0 amide bonds. The Kier molecular flexibility index (Phi) is 6.62. The standard InChI is InChI=1S/C60H34O/c1-2-12-45-43(7-1)31-44(34-53(45)48-27-20-40-18-16-36-9-6-11-38-22-29-51(48)60(40)58(36)38)46-25-23-41(42-24-30-56-54(33-42)49-13-3-4-14-55(49)61-56)32-52(46)47-26-19-39-17-15-35-8-5-10-37-21-28-50(47)59(39)57(35)37/h1-34H. The van der Waals surface area contributed by atoms with Crippen LogP contribution in [0.25, 0.3) is 142 Å². The lowest BCUT2D eigenvalue weighted by atomic mass is 9.84. The second-order valence-corrected chi connectivity index (χ2v) is 16.8. The van der Waals surface area contributed by atoms with Gasteiger partial charge in [0, 0.05) is 10.8 Å². The summed E-state index contributed by atoms with van der Waals surface area (Å²) in [5, 5.41) is 20.3. The van der Waals surface area contributed by atoms with Gasteiger partial charge in [-0.15, -0.1) is 0 Å². The average Bonchev–Trinajstić information content (AvgIpc) is 3.70. The van der Waals surface area contributed by atoms with E-state index in [0.717, 1.165) is 27.5 Å². The van der Waals surface area contributed by atoms with Crippen molar-refractivity contribution in [3.05, 3.63) is 206 Å². The zero-order valence-electron chi connectivity index (χ0n) is 33.0. The molecule has 0 atom stereocenters. The minimum atomic E-state index is 0.907. The molecule has 0 radical (unpaired) electrons. The number of benzene rings is 13. The highest BCUT2D eigenvalue weighted by Gasteiger charge is 2.20. The highest BCUT2D eigenvalue weighted by atomic mass is 16.3. The zero-order chi connectivity index (χ0) is 39.8. The van der Waals surface area contributed by atoms with Crippen LogP contribution in [-0.2, 0) is 0 Å². The summed E-state index contributed by atoms with van der Waals surface area (Å²) in [5.74, 6) is 0. The molecule has 1 heteroatoms. The van der Waals surface area contributed by atoms with E-state index in [1.165, 1.54) is 114 Å². The van der Waals surface area contributed by atoms with Crippen LogP contribution in [0.1, 0.15) is 0 Å². The molecule has 0 N–H and O–H groups in total. The van der Waals surface area contributed by atoms with Gasteiger partial charge in [-0.05, 0) is 156 Å². The molecule has 1 heterocycles. The second kappa shape index (κ2) is 12.3. The molecule has 14 aromatic rings. The van der Waals surface area contributed by atoms with Gasteiger partial charge in [0.1, 0.15) is 11.2 Å². The van der Waals surface area contributed by atoms with E-state index >= 15 is 0 Å². The van der Waals surface area contributed by atoms with Gasteiger partial charge in [0.2, 0.25) is 0 Å². The highest BCUT2D eigenvalue weighted by molar-refractivity contribution is 6.27. The van der Waals surface area contributed by atoms with Crippen LogP contribution in [0.15, 0.2) is 211 Å². The number of para-hydroxylation sites is 1. The Morgan fingerprint density at radius 2 is 0.689 bits per heavy atom. The minimum absolute atomic E-state index is 0.907. The van der Waals surface area contributed by atoms with E-state index in [0.29, 0.717) is 0 Å². The molecule has 0 aliphatic heterocycles. The summed E-state index contributed by atoms with van der Waals surface area (Å²) in [7, 11) is 0. The van der Waals surface area contributed by atoms with Gasteiger partial charge in [-0.25, -0.2) is 0 Å². The highest BCUT2D eigenvalue weighted by Crippen LogP contribution is 2.47. The normalized spacial score (nSPS) is 12.3. The molecule has 0 aliphatic rings. The van der Waals surface area contributed by atoms with Gasteiger partial charge in [-0.2, -0.15) is 0 Å². The number of rotatable bonds is 4. The molecule has 0 bridgehead atoms. The summed E-state index contributed by atoms with van der Waals surface area (Å²) in [5.41, 5.74) is 11.5. The van der Waals surface area contributed by atoms with Crippen LogP contribution in [-0.4, -0.2) is 0 Å². The summed E-state index contributed by atoms with van der Waals surface area (Å²) in [6, 6.07) is 76.8. The van der Waals surface area contributed by atoms with Gasteiger partial charge in [0.25, 0.3) is 0 Å². The summed E-state index contributed by atoms with van der Waals surface area (Å²) < 4.78 is 6.26. The van der Waals surface area contributed by atoms with Crippen molar-refractivity contribution in [2.45, 2.75) is 0 Å². The summed E-state index contributed by atoms with van der Waals surface area (Å²) in [4.78, 5) is 0. The number of fused-ring (bicyclic) bond motifs is 4. The molecule has 0 unspecified atom stereocenters. The SMILES string of the molecule is c1ccc2c(-c3ccc4ccc5cccc6ccc3c4c56)cc(-c3ccc(-c4ccc5oc6ccccc6c5c4)cc3-c3ccc4ccc5cccc6ccc3c4c56)cc2c1. The minimum Gasteiger partial charge on any atom is -0.456 e. The summed E-state index contributed by atoms with van der Waals surface area (Å²) >= 11 is 0. The van der Waals surface area contributed by atoms with Crippen LogP contribution in [0.3, 0.4) is 0 Å². The van der Waals surface area contributed by atoms with Crippen molar-refractivity contribution in [1.29, 1.82) is 0 Å². The third-order valence-electron chi connectivity index (χ3n) is 13.5. The van der Waals surface area contributed by atoms with Crippen LogP contribution in [0.2, 0.25) is 0 Å². The molecule has 0 spiro atoms. The van der Waals surface area contributed by atoms with E-state index < -0.39 is 0 Å². The largest absolute Gasteiger partial charge is 0.456 e. The van der Waals surface area contributed by atoms with Crippen molar-refractivity contribution < 1.29 is 4.42 Å². The number of hydrogen-bond acceptors (Lipinski definition) is 1. The maximum atomic E-state index is 6.26. The Labute approximate surface area is 351 Å². The van der Waals surface area contributed by atoms with Gasteiger partial charge in [0.15, 0.2) is 0 Å². The molecule has 0 saturated carbocycles.